The van der Waals surface area contributed by atoms with Crippen LogP contribution in [0.15, 0.2) is 24.3 Å². The van der Waals surface area contributed by atoms with Crippen LogP contribution in [0.3, 0.4) is 0 Å². The maximum Gasteiger partial charge on any atom is 0.306 e. The minimum absolute atomic E-state index is 0.0189. The van der Waals surface area contributed by atoms with E-state index in [2.05, 4.69) is 15.4 Å². The Hall–Kier alpha value is -2.48. The van der Waals surface area contributed by atoms with Crippen LogP contribution in [-0.2, 0) is 14.3 Å². The Morgan fingerprint density at radius 1 is 1.12 bits per heavy atom. The van der Waals surface area contributed by atoms with Gasteiger partial charge in [0.25, 0.3) is 5.91 Å². The van der Waals surface area contributed by atoms with Crippen LogP contribution in [0.25, 0.3) is 0 Å². The van der Waals surface area contributed by atoms with Gasteiger partial charge in [0.2, 0.25) is 5.91 Å². The molecule has 0 aromatic heterocycles. The molecule has 1 fully saturated rings. The second-order valence-corrected chi connectivity index (χ2v) is 6.39. The number of benzene rings is 1. The van der Waals surface area contributed by atoms with E-state index in [9.17, 15) is 14.4 Å². The highest BCUT2D eigenvalue weighted by molar-refractivity contribution is 7.80. The summed E-state index contributed by atoms with van der Waals surface area (Å²) >= 11 is 5.14. The molecule has 8 heteroatoms. The van der Waals surface area contributed by atoms with Crippen molar-refractivity contribution in [3.05, 3.63) is 29.8 Å². The van der Waals surface area contributed by atoms with E-state index >= 15 is 0 Å². The SMILES string of the molecule is COC(=O)CCC(=O)NC(=S)Nc1ccccc1C(=O)N1CCCCC1. The summed E-state index contributed by atoms with van der Waals surface area (Å²) in [5, 5.41) is 5.48. The molecule has 26 heavy (non-hydrogen) atoms. The Labute approximate surface area is 158 Å². The van der Waals surface area contributed by atoms with E-state index < -0.39 is 11.9 Å². The number of thiocarbonyl (C=S) groups is 1. The minimum atomic E-state index is -0.462. The maximum atomic E-state index is 12.7. The van der Waals surface area contributed by atoms with Gasteiger partial charge in [-0.1, -0.05) is 12.1 Å². The number of nitrogens with one attached hydrogen (secondary N) is 2. The van der Waals surface area contributed by atoms with Gasteiger partial charge in [0.15, 0.2) is 5.11 Å². The number of amides is 2. The van der Waals surface area contributed by atoms with Gasteiger partial charge in [-0.2, -0.15) is 0 Å². The molecular formula is C18H23N3O4S. The molecule has 2 amide bonds. The molecule has 1 heterocycles. The molecule has 2 N–H and O–H groups in total. The van der Waals surface area contributed by atoms with Crippen LogP contribution in [0, 0.1) is 0 Å². The van der Waals surface area contributed by atoms with Gasteiger partial charge < -0.3 is 20.3 Å². The second-order valence-electron chi connectivity index (χ2n) is 5.98. The van der Waals surface area contributed by atoms with E-state index in [1.165, 1.54) is 7.11 Å². The van der Waals surface area contributed by atoms with E-state index in [0.717, 1.165) is 32.4 Å². The summed E-state index contributed by atoms with van der Waals surface area (Å²) in [6, 6.07) is 7.06. The lowest BCUT2D eigenvalue weighted by Gasteiger charge is -2.27. The van der Waals surface area contributed by atoms with Crippen molar-refractivity contribution in [2.24, 2.45) is 0 Å². The molecule has 0 aliphatic carbocycles. The predicted molar refractivity (Wildman–Crippen MR) is 102 cm³/mol. The number of carbonyl (C=O) groups is 3. The first-order valence-corrected chi connectivity index (χ1v) is 8.98. The molecule has 1 aliphatic rings. The fourth-order valence-electron chi connectivity index (χ4n) is 2.71. The number of anilines is 1. The van der Waals surface area contributed by atoms with Crippen LogP contribution in [0.2, 0.25) is 0 Å². The van der Waals surface area contributed by atoms with Gasteiger partial charge in [0.05, 0.1) is 24.8 Å². The van der Waals surface area contributed by atoms with Gasteiger partial charge in [-0.15, -0.1) is 0 Å². The fraction of sp³-hybridized carbons (Fsp3) is 0.444. The van der Waals surface area contributed by atoms with Gasteiger partial charge in [0, 0.05) is 19.5 Å². The van der Waals surface area contributed by atoms with Crippen molar-refractivity contribution in [2.75, 3.05) is 25.5 Å². The van der Waals surface area contributed by atoms with E-state index in [4.69, 9.17) is 12.2 Å². The molecule has 1 aromatic rings. The molecule has 0 unspecified atom stereocenters. The first-order valence-electron chi connectivity index (χ1n) is 8.57. The third-order valence-electron chi connectivity index (χ3n) is 4.09. The van der Waals surface area contributed by atoms with Gasteiger partial charge >= 0.3 is 5.97 Å². The highest BCUT2D eigenvalue weighted by Crippen LogP contribution is 2.20. The van der Waals surface area contributed by atoms with Crippen LogP contribution in [-0.4, -0.2) is 48.0 Å². The molecule has 0 radical (unpaired) electrons. The number of piperidine rings is 1. The van der Waals surface area contributed by atoms with Crippen LogP contribution < -0.4 is 10.6 Å². The van der Waals surface area contributed by atoms with Gasteiger partial charge in [-0.3, -0.25) is 14.4 Å². The third kappa shape index (κ3) is 5.80. The maximum absolute atomic E-state index is 12.7. The van der Waals surface area contributed by atoms with Crippen molar-refractivity contribution in [1.29, 1.82) is 0 Å². The number of para-hydroxylation sites is 1. The number of rotatable bonds is 5. The normalized spacial score (nSPS) is 13.7. The largest absolute Gasteiger partial charge is 0.469 e. The molecule has 0 atom stereocenters. The highest BCUT2D eigenvalue weighted by atomic mass is 32.1. The summed E-state index contributed by atoms with van der Waals surface area (Å²) in [5.74, 6) is -0.906. The molecule has 1 saturated heterocycles. The summed E-state index contributed by atoms with van der Waals surface area (Å²) < 4.78 is 4.49. The number of methoxy groups -OCH3 is 1. The number of nitrogens with zero attached hydrogens (tertiary/aromatic N) is 1. The quantitative estimate of drug-likeness (QED) is 0.603. The van der Waals surface area contributed by atoms with Crippen molar-refractivity contribution in [2.45, 2.75) is 32.1 Å². The van der Waals surface area contributed by atoms with Crippen molar-refractivity contribution < 1.29 is 19.1 Å². The van der Waals surface area contributed by atoms with Crippen molar-refractivity contribution in [3.8, 4) is 0 Å². The number of hydrogen-bond donors (Lipinski definition) is 2. The monoisotopic (exact) mass is 377 g/mol. The molecule has 0 spiro atoms. The minimum Gasteiger partial charge on any atom is -0.469 e. The zero-order valence-electron chi connectivity index (χ0n) is 14.7. The highest BCUT2D eigenvalue weighted by Gasteiger charge is 2.21. The zero-order chi connectivity index (χ0) is 18.9. The molecule has 7 nitrogen and oxygen atoms in total. The lowest BCUT2D eigenvalue weighted by Crippen LogP contribution is -2.37. The molecular weight excluding hydrogens is 354 g/mol. The fourth-order valence-corrected chi connectivity index (χ4v) is 2.93. The first kappa shape index (κ1) is 19.8. The van der Waals surface area contributed by atoms with Crippen LogP contribution in [0.4, 0.5) is 5.69 Å². The number of likely N-dealkylation sites (tertiary alicyclic amines) is 1. The lowest BCUT2D eigenvalue weighted by molar-refractivity contribution is -0.142. The Morgan fingerprint density at radius 3 is 2.50 bits per heavy atom. The molecule has 1 aliphatic heterocycles. The molecule has 140 valence electrons. The van der Waals surface area contributed by atoms with E-state index in [-0.39, 0.29) is 23.9 Å². The Bertz CT molecular complexity index is 687. The van der Waals surface area contributed by atoms with Gasteiger partial charge in [-0.25, -0.2) is 0 Å². The van der Waals surface area contributed by atoms with Crippen LogP contribution in [0.5, 0.6) is 0 Å². The van der Waals surface area contributed by atoms with Crippen LogP contribution >= 0.6 is 12.2 Å². The number of hydrogen-bond acceptors (Lipinski definition) is 5. The predicted octanol–water partition coefficient (Wildman–Crippen LogP) is 2.08. The Morgan fingerprint density at radius 2 is 1.81 bits per heavy atom. The molecule has 1 aromatic carbocycles. The van der Waals surface area contributed by atoms with Gasteiger partial charge in [-0.05, 0) is 43.6 Å². The standard InChI is InChI=1S/C18H23N3O4S/c1-25-16(23)10-9-15(22)20-18(26)19-14-8-4-3-7-13(14)17(24)21-11-5-2-6-12-21/h3-4,7-8H,2,5-6,9-12H2,1H3,(H2,19,20,22,26). The number of carbonyl (C=O) groups excluding carboxylic acids is 3. The first-order chi connectivity index (χ1) is 12.5. The lowest BCUT2D eigenvalue weighted by atomic mass is 10.1. The van der Waals surface area contributed by atoms with Crippen molar-refractivity contribution in [1.82, 2.24) is 10.2 Å². The third-order valence-corrected chi connectivity index (χ3v) is 4.29. The van der Waals surface area contributed by atoms with Crippen molar-refractivity contribution >= 4 is 40.8 Å². The summed E-state index contributed by atoms with van der Waals surface area (Å²) in [6.45, 7) is 1.50. The Balaban J connectivity index is 1.96. The van der Waals surface area contributed by atoms with Crippen molar-refractivity contribution in [3.63, 3.8) is 0 Å². The molecule has 2 rings (SSSR count). The van der Waals surface area contributed by atoms with E-state index in [1.54, 1.807) is 24.3 Å². The summed E-state index contributed by atoms with van der Waals surface area (Å²) in [7, 11) is 1.27. The van der Waals surface area contributed by atoms with E-state index in [1.807, 2.05) is 4.90 Å². The summed E-state index contributed by atoms with van der Waals surface area (Å²) in [4.78, 5) is 37.5. The summed E-state index contributed by atoms with van der Waals surface area (Å²) in [6.07, 6.45) is 3.12. The topological polar surface area (TPSA) is 87.7 Å². The number of ether oxygens (including phenoxy) is 1. The second kappa shape index (κ2) is 9.86. The zero-order valence-corrected chi connectivity index (χ0v) is 15.6. The molecule has 0 bridgehead atoms. The molecule has 0 saturated carbocycles. The van der Waals surface area contributed by atoms with Crippen LogP contribution in [0.1, 0.15) is 42.5 Å². The van der Waals surface area contributed by atoms with E-state index in [0.29, 0.717) is 11.3 Å². The smallest absolute Gasteiger partial charge is 0.306 e. The number of esters is 1. The average molecular weight is 377 g/mol. The average Bonchev–Trinajstić information content (AvgIpc) is 2.66. The Kier molecular flexibility index (Phi) is 7.53. The van der Waals surface area contributed by atoms with Gasteiger partial charge in [0.1, 0.15) is 0 Å². The summed E-state index contributed by atoms with van der Waals surface area (Å²) in [5.41, 5.74) is 1.06.